The Balaban J connectivity index is 1.42. The molecular formula is C29H34N4O2S. The van der Waals surface area contributed by atoms with Gasteiger partial charge in [-0.3, -0.25) is 9.59 Å². The van der Waals surface area contributed by atoms with E-state index >= 15 is 0 Å². The van der Waals surface area contributed by atoms with Crippen molar-refractivity contribution in [2.45, 2.75) is 52.5 Å². The Bertz CT molecular complexity index is 1290. The molecule has 0 saturated heterocycles. The fourth-order valence-electron chi connectivity index (χ4n) is 5.88. The van der Waals surface area contributed by atoms with Gasteiger partial charge in [0.05, 0.1) is 11.3 Å². The molecule has 188 valence electrons. The number of benzene rings is 2. The van der Waals surface area contributed by atoms with Crippen LogP contribution in [0.3, 0.4) is 0 Å². The lowest BCUT2D eigenvalue weighted by Gasteiger charge is -2.28. The summed E-state index contributed by atoms with van der Waals surface area (Å²) < 4.78 is 0. The number of nitrogen functional groups attached to an aromatic ring is 1. The van der Waals surface area contributed by atoms with Crippen LogP contribution in [0.15, 0.2) is 48.5 Å². The topological polar surface area (TPSA) is 96.2 Å². The van der Waals surface area contributed by atoms with Gasteiger partial charge in [-0.05, 0) is 93.2 Å². The maximum Gasteiger partial charge on any atom is 0.263 e. The molecule has 0 spiro atoms. The van der Waals surface area contributed by atoms with Gasteiger partial charge >= 0.3 is 0 Å². The van der Waals surface area contributed by atoms with Crippen molar-refractivity contribution in [2.24, 2.45) is 17.8 Å². The maximum atomic E-state index is 13.4. The van der Waals surface area contributed by atoms with Crippen molar-refractivity contribution >= 4 is 45.2 Å². The third-order valence-corrected chi connectivity index (χ3v) is 9.09. The minimum absolute atomic E-state index is 0.0760. The summed E-state index contributed by atoms with van der Waals surface area (Å²) in [6.07, 6.45) is 5.08. The zero-order valence-corrected chi connectivity index (χ0v) is 21.9. The second kappa shape index (κ2) is 9.97. The summed E-state index contributed by atoms with van der Waals surface area (Å²) in [5, 5.41) is 10.0. The third kappa shape index (κ3) is 4.85. The maximum absolute atomic E-state index is 13.4. The van der Waals surface area contributed by atoms with E-state index in [1.807, 2.05) is 55.5 Å². The number of rotatable bonds is 7. The smallest absolute Gasteiger partial charge is 0.263 e. The standard InChI is InChI=1S/C29H34N4O2S/c1-16-9-12-22(13-17(16)2)33-29-24(27(34)32-21-7-5-4-6-8-21)25(30)26(36-29)28(35)31-18(3)23-15-19-10-11-20(23)14-19/h4-9,12-13,18-20,23,33H,10-11,14-15,30H2,1-3H3,(H,31,35)(H,32,34)/t18-,19-,20+,23-/m1/s1. The average Bonchev–Trinajstić information content (AvgIpc) is 3.57. The Morgan fingerprint density at radius 1 is 0.972 bits per heavy atom. The minimum atomic E-state index is -0.346. The Morgan fingerprint density at radius 3 is 2.42 bits per heavy atom. The van der Waals surface area contributed by atoms with Crippen LogP contribution in [0.5, 0.6) is 0 Å². The monoisotopic (exact) mass is 502 g/mol. The van der Waals surface area contributed by atoms with Gasteiger partial charge in [-0.25, -0.2) is 0 Å². The van der Waals surface area contributed by atoms with Crippen LogP contribution in [0.25, 0.3) is 0 Å². The Hall–Kier alpha value is -3.32. The lowest BCUT2D eigenvalue weighted by molar-refractivity contribution is 0.0920. The van der Waals surface area contributed by atoms with Gasteiger partial charge in [0.15, 0.2) is 0 Å². The molecule has 2 aliphatic rings. The number of carbonyl (C=O) groups is 2. The number of amides is 2. The normalized spacial score (nSPS) is 21.2. The number of carbonyl (C=O) groups excluding carboxylic acids is 2. The van der Waals surface area contributed by atoms with Gasteiger partial charge in [0.2, 0.25) is 0 Å². The molecule has 7 heteroatoms. The number of nitrogens with two attached hydrogens (primary N) is 1. The minimum Gasteiger partial charge on any atom is -0.397 e. The van der Waals surface area contributed by atoms with E-state index in [0.717, 1.165) is 17.2 Å². The highest BCUT2D eigenvalue weighted by Gasteiger charge is 2.42. The molecule has 0 radical (unpaired) electrons. The Labute approximate surface area is 216 Å². The van der Waals surface area contributed by atoms with E-state index in [9.17, 15) is 9.59 Å². The summed E-state index contributed by atoms with van der Waals surface area (Å²) in [5.74, 6) is 1.48. The largest absolute Gasteiger partial charge is 0.397 e. The number of nitrogens with one attached hydrogen (secondary N) is 3. The molecule has 0 aliphatic heterocycles. The van der Waals surface area contributed by atoms with Gasteiger partial charge in [-0.1, -0.05) is 30.7 Å². The van der Waals surface area contributed by atoms with Crippen LogP contribution < -0.4 is 21.7 Å². The first-order valence-corrected chi connectivity index (χ1v) is 13.6. The highest BCUT2D eigenvalue weighted by molar-refractivity contribution is 7.19. The van der Waals surface area contributed by atoms with E-state index in [2.05, 4.69) is 29.8 Å². The Morgan fingerprint density at radius 2 is 1.75 bits per heavy atom. The van der Waals surface area contributed by atoms with Gasteiger partial charge in [0, 0.05) is 17.4 Å². The van der Waals surface area contributed by atoms with E-state index in [1.165, 1.54) is 42.6 Å². The van der Waals surface area contributed by atoms with Crippen molar-refractivity contribution in [3.05, 3.63) is 70.1 Å². The van der Waals surface area contributed by atoms with Crippen LogP contribution in [-0.4, -0.2) is 17.9 Å². The molecule has 4 atom stereocenters. The van der Waals surface area contributed by atoms with Crippen LogP contribution in [0.2, 0.25) is 0 Å². The van der Waals surface area contributed by atoms with Gasteiger partial charge in [0.1, 0.15) is 9.88 Å². The number of aryl methyl sites for hydroxylation is 2. The molecule has 36 heavy (non-hydrogen) atoms. The van der Waals surface area contributed by atoms with Crippen molar-refractivity contribution in [1.29, 1.82) is 0 Å². The number of thiophene rings is 1. The first kappa shape index (κ1) is 24.4. The zero-order valence-electron chi connectivity index (χ0n) is 21.1. The number of para-hydroxylation sites is 1. The van der Waals surface area contributed by atoms with E-state index in [4.69, 9.17) is 5.73 Å². The van der Waals surface area contributed by atoms with E-state index in [0.29, 0.717) is 33.0 Å². The van der Waals surface area contributed by atoms with E-state index < -0.39 is 0 Å². The number of hydrogen-bond acceptors (Lipinski definition) is 5. The average molecular weight is 503 g/mol. The number of hydrogen-bond donors (Lipinski definition) is 4. The highest BCUT2D eigenvalue weighted by Crippen LogP contribution is 2.49. The summed E-state index contributed by atoms with van der Waals surface area (Å²) in [6, 6.07) is 15.3. The molecule has 6 nitrogen and oxygen atoms in total. The predicted octanol–water partition coefficient (Wildman–Crippen LogP) is 6.50. The molecule has 2 aromatic carbocycles. The fraction of sp³-hybridized carbons (Fsp3) is 0.379. The number of anilines is 4. The molecular weight excluding hydrogens is 468 g/mol. The third-order valence-electron chi connectivity index (χ3n) is 7.97. The summed E-state index contributed by atoms with van der Waals surface area (Å²) in [7, 11) is 0. The highest BCUT2D eigenvalue weighted by atomic mass is 32.1. The fourth-order valence-corrected chi connectivity index (χ4v) is 6.92. The van der Waals surface area contributed by atoms with E-state index in [-0.39, 0.29) is 23.5 Å². The van der Waals surface area contributed by atoms with Crippen LogP contribution in [-0.2, 0) is 0 Å². The quantitative estimate of drug-likeness (QED) is 0.297. The lowest BCUT2D eigenvalue weighted by Crippen LogP contribution is -2.40. The summed E-state index contributed by atoms with van der Waals surface area (Å²) in [5.41, 5.74) is 10.8. The van der Waals surface area contributed by atoms with Crippen molar-refractivity contribution in [1.82, 2.24) is 5.32 Å². The van der Waals surface area contributed by atoms with Gasteiger partial charge < -0.3 is 21.7 Å². The molecule has 5 N–H and O–H groups in total. The van der Waals surface area contributed by atoms with Crippen LogP contribution in [0.4, 0.5) is 22.1 Å². The van der Waals surface area contributed by atoms with Crippen LogP contribution >= 0.6 is 11.3 Å². The first-order chi connectivity index (χ1) is 17.3. The second-order valence-corrected chi connectivity index (χ2v) is 11.4. The molecule has 2 aliphatic carbocycles. The second-order valence-electron chi connectivity index (χ2n) is 10.4. The predicted molar refractivity (Wildman–Crippen MR) is 148 cm³/mol. The molecule has 2 fully saturated rings. The SMILES string of the molecule is Cc1ccc(Nc2sc(C(=O)N[C@H](C)[C@H]3C[C@@H]4CC[C@H]3C4)c(N)c2C(=O)Nc2ccccc2)cc1C. The lowest BCUT2D eigenvalue weighted by atomic mass is 9.84. The van der Waals surface area contributed by atoms with Gasteiger partial charge in [-0.15, -0.1) is 11.3 Å². The van der Waals surface area contributed by atoms with Crippen LogP contribution in [0.1, 0.15) is 63.8 Å². The molecule has 2 saturated carbocycles. The summed E-state index contributed by atoms with van der Waals surface area (Å²) in [6.45, 7) is 6.20. The molecule has 1 aromatic heterocycles. The van der Waals surface area contributed by atoms with Crippen LogP contribution in [0, 0.1) is 31.6 Å². The van der Waals surface area contributed by atoms with Gasteiger partial charge in [-0.2, -0.15) is 0 Å². The van der Waals surface area contributed by atoms with Crippen molar-refractivity contribution in [2.75, 3.05) is 16.4 Å². The van der Waals surface area contributed by atoms with Crippen molar-refractivity contribution in [3.63, 3.8) is 0 Å². The summed E-state index contributed by atoms with van der Waals surface area (Å²) in [4.78, 5) is 27.1. The number of fused-ring (bicyclic) bond motifs is 2. The van der Waals surface area contributed by atoms with Crippen molar-refractivity contribution < 1.29 is 9.59 Å². The first-order valence-electron chi connectivity index (χ1n) is 12.7. The van der Waals surface area contributed by atoms with E-state index in [1.54, 1.807) is 0 Å². The molecule has 1 heterocycles. The molecule has 2 amide bonds. The molecule has 2 bridgehead atoms. The molecule has 5 rings (SSSR count). The van der Waals surface area contributed by atoms with Crippen molar-refractivity contribution in [3.8, 4) is 0 Å². The summed E-state index contributed by atoms with van der Waals surface area (Å²) >= 11 is 1.23. The molecule has 3 aromatic rings. The zero-order chi connectivity index (χ0) is 25.4. The Kier molecular flexibility index (Phi) is 6.75. The van der Waals surface area contributed by atoms with Gasteiger partial charge in [0.25, 0.3) is 11.8 Å². The molecule has 0 unspecified atom stereocenters.